The summed E-state index contributed by atoms with van der Waals surface area (Å²) in [7, 11) is 1.63. The van der Waals surface area contributed by atoms with Crippen LogP contribution in [-0.4, -0.2) is 23.7 Å². The van der Waals surface area contributed by atoms with Gasteiger partial charge >= 0.3 is 0 Å². The third-order valence-corrected chi connectivity index (χ3v) is 3.30. The predicted octanol–water partition coefficient (Wildman–Crippen LogP) is 0.130. The fourth-order valence-corrected chi connectivity index (χ4v) is 2.55. The Morgan fingerprint density at radius 2 is 2.43 bits per heavy atom. The zero-order valence-corrected chi connectivity index (χ0v) is 8.45. The van der Waals surface area contributed by atoms with Crippen LogP contribution in [-0.2, 0) is 9.73 Å². The lowest BCUT2D eigenvalue weighted by atomic mass is 9.80. The lowest BCUT2D eigenvalue weighted by Crippen LogP contribution is -2.58. The Balaban J connectivity index is 2.18. The minimum atomic E-state index is -0.571. The molecule has 1 amide bonds. The van der Waals surface area contributed by atoms with Gasteiger partial charge in [0.2, 0.25) is 5.91 Å². The van der Waals surface area contributed by atoms with E-state index in [1.165, 1.54) is 11.5 Å². The number of nitrogens with zero attached hydrogens (tertiary/aromatic N) is 1. The van der Waals surface area contributed by atoms with Crippen LogP contribution in [0.2, 0.25) is 0 Å². The molecule has 2 aliphatic rings. The Bertz CT molecular complexity index is 246. The fourth-order valence-electron chi connectivity index (χ4n) is 2.55. The summed E-state index contributed by atoms with van der Waals surface area (Å²) in [5.41, 5.74) is 8.18. The molecule has 0 spiro atoms. The van der Waals surface area contributed by atoms with Crippen LogP contribution in [0.15, 0.2) is 0 Å². The van der Waals surface area contributed by atoms with Gasteiger partial charge in [-0.25, -0.2) is 0 Å². The van der Waals surface area contributed by atoms with E-state index in [1.54, 1.807) is 7.05 Å². The van der Waals surface area contributed by atoms with E-state index in [1.807, 2.05) is 0 Å². The third-order valence-electron chi connectivity index (χ3n) is 3.30. The van der Waals surface area contributed by atoms with Gasteiger partial charge in [0.05, 0.1) is 0 Å². The Kier molecular flexibility index (Phi) is 2.47. The van der Waals surface area contributed by atoms with Crippen molar-refractivity contribution in [2.75, 3.05) is 7.05 Å². The maximum Gasteiger partial charge on any atom is 0.249 e. The van der Waals surface area contributed by atoms with Crippen LogP contribution in [0.3, 0.4) is 0 Å². The summed E-state index contributed by atoms with van der Waals surface area (Å²) in [4.78, 5) is 16.7. The van der Waals surface area contributed by atoms with Crippen LogP contribution >= 0.6 is 0 Å². The Morgan fingerprint density at radius 3 is 3.14 bits per heavy atom. The largest absolute Gasteiger partial charge is 0.306 e. The molecule has 2 atom stereocenters. The molecule has 2 fully saturated rings. The molecule has 80 valence electrons. The monoisotopic (exact) mass is 199 g/mol. The summed E-state index contributed by atoms with van der Waals surface area (Å²) in [6.45, 7) is 0. The number of nitrogens with two attached hydrogens (primary N) is 1. The first-order valence-electron chi connectivity index (χ1n) is 5.14. The second-order valence-corrected chi connectivity index (χ2v) is 4.12. The van der Waals surface area contributed by atoms with Crippen LogP contribution in [0.4, 0.5) is 0 Å². The molecule has 0 bridgehead atoms. The first-order valence-corrected chi connectivity index (χ1v) is 5.14. The number of rotatable bonds is 2. The average molecular weight is 199 g/mol. The quantitative estimate of drug-likeness (QED) is 0.620. The predicted molar refractivity (Wildman–Crippen MR) is 50.5 cm³/mol. The van der Waals surface area contributed by atoms with E-state index in [0.717, 1.165) is 19.3 Å². The van der Waals surface area contributed by atoms with Gasteiger partial charge < -0.3 is 5.73 Å². The van der Waals surface area contributed by atoms with Crippen molar-refractivity contribution in [2.45, 2.75) is 37.8 Å². The first kappa shape index (κ1) is 9.89. The molecular formula is C9H17N3O2. The molecule has 2 rings (SSSR count). The molecule has 0 radical (unpaired) electrons. The second kappa shape index (κ2) is 3.49. The van der Waals surface area contributed by atoms with Crippen molar-refractivity contribution < 1.29 is 9.73 Å². The van der Waals surface area contributed by atoms with Crippen LogP contribution in [0, 0.1) is 5.92 Å². The van der Waals surface area contributed by atoms with Crippen molar-refractivity contribution in [1.29, 1.82) is 0 Å². The van der Waals surface area contributed by atoms with Crippen molar-refractivity contribution in [3.63, 3.8) is 0 Å². The summed E-state index contributed by atoms with van der Waals surface area (Å²) >= 11 is 0. The number of nitrogens with one attached hydrogen (secondary N) is 1. The highest BCUT2D eigenvalue weighted by Crippen LogP contribution is 2.42. The van der Waals surface area contributed by atoms with Gasteiger partial charge in [0.15, 0.2) is 0 Å². The van der Waals surface area contributed by atoms with Crippen LogP contribution < -0.4 is 11.2 Å². The molecular weight excluding hydrogens is 182 g/mol. The number of carbonyl (C=O) groups is 1. The zero-order valence-electron chi connectivity index (χ0n) is 8.45. The van der Waals surface area contributed by atoms with Gasteiger partial charge in [-0.2, -0.15) is 15.5 Å². The molecule has 5 heteroatoms. The van der Waals surface area contributed by atoms with Crippen LogP contribution in [0.1, 0.15) is 32.1 Å². The van der Waals surface area contributed by atoms with Gasteiger partial charge in [0.25, 0.3) is 0 Å². The summed E-state index contributed by atoms with van der Waals surface area (Å²) in [5, 5.41) is 1.33. The fraction of sp³-hybridized carbons (Fsp3) is 0.889. The highest BCUT2D eigenvalue weighted by Gasteiger charge is 2.52. The molecule has 3 N–H and O–H groups in total. The van der Waals surface area contributed by atoms with Gasteiger partial charge in [0.1, 0.15) is 5.66 Å². The standard InChI is InChI=1S/C9H17N3O2/c1-11-14-12-8(13)6-7-4-2-3-5-9(7,12)10/h7,11H,2-6,10H2,1H3. The van der Waals surface area contributed by atoms with E-state index in [2.05, 4.69) is 5.48 Å². The Labute approximate surface area is 83.5 Å². The molecule has 1 aliphatic heterocycles. The van der Waals surface area contributed by atoms with Gasteiger partial charge in [-0.1, -0.05) is 6.42 Å². The molecule has 2 unspecified atom stereocenters. The van der Waals surface area contributed by atoms with Crippen LogP contribution in [0.5, 0.6) is 0 Å². The number of hydroxylamine groups is 3. The lowest BCUT2D eigenvalue weighted by molar-refractivity contribution is -0.244. The molecule has 1 saturated carbocycles. The van der Waals surface area contributed by atoms with Crippen molar-refractivity contribution in [2.24, 2.45) is 11.7 Å². The van der Waals surface area contributed by atoms with Crippen LogP contribution in [0.25, 0.3) is 0 Å². The highest BCUT2D eigenvalue weighted by atomic mass is 16.8. The van der Waals surface area contributed by atoms with Gasteiger partial charge in [-0.05, 0) is 19.3 Å². The summed E-state index contributed by atoms with van der Waals surface area (Å²) in [5.74, 6) is 0.255. The molecule has 0 aromatic carbocycles. The average Bonchev–Trinajstić information content (AvgIpc) is 2.41. The van der Waals surface area contributed by atoms with Crippen molar-refractivity contribution in [3.8, 4) is 0 Å². The SMILES string of the molecule is CNON1C(=O)CC2CCCCC21N. The summed E-state index contributed by atoms with van der Waals surface area (Å²) in [6.07, 6.45) is 4.64. The molecule has 5 nitrogen and oxygen atoms in total. The molecule has 0 aromatic rings. The second-order valence-electron chi connectivity index (χ2n) is 4.12. The molecule has 1 heterocycles. The summed E-state index contributed by atoms with van der Waals surface area (Å²) in [6, 6.07) is 0. The molecule has 1 aliphatic carbocycles. The normalized spacial score (nSPS) is 37.4. The van der Waals surface area contributed by atoms with Crippen molar-refractivity contribution >= 4 is 5.91 Å². The lowest BCUT2D eigenvalue weighted by Gasteiger charge is -2.39. The van der Waals surface area contributed by atoms with Gasteiger partial charge in [0, 0.05) is 19.4 Å². The third kappa shape index (κ3) is 1.32. The minimum absolute atomic E-state index is 0.00579. The molecule has 1 saturated heterocycles. The van der Waals surface area contributed by atoms with Gasteiger partial charge in [-0.3, -0.25) is 4.79 Å². The number of amides is 1. The Morgan fingerprint density at radius 1 is 1.64 bits per heavy atom. The van der Waals surface area contributed by atoms with E-state index < -0.39 is 5.66 Å². The maximum atomic E-state index is 11.6. The maximum absolute atomic E-state index is 11.6. The van der Waals surface area contributed by atoms with E-state index in [-0.39, 0.29) is 11.8 Å². The van der Waals surface area contributed by atoms with E-state index in [4.69, 9.17) is 10.7 Å². The smallest absolute Gasteiger partial charge is 0.249 e. The highest BCUT2D eigenvalue weighted by molar-refractivity contribution is 5.79. The number of hydrogen-bond acceptors (Lipinski definition) is 4. The molecule has 0 aromatic heterocycles. The number of fused-ring (bicyclic) bond motifs is 1. The Hall–Kier alpha value is -0.650. The molecule has 14 heavy (non-hydrogen) atoms. The van der Waals surface area contributed by atoms with E-state index in [0.29, 0.717) is 6.42 Å². The summed E-state index contributed by atoms with van der Waals surface area (Å²) < 4.78 is 0. The van der Waals surface area contributed by atoms with Crippen molar-refractivity contribution in [1.82, 2.24) is 10.5 Å². The topological polar surface area (TPSA) is 67.6 Å². The number of carbonyl (C=O) groups excluding carboxylic acids is 1. The van der Waals surface area contributed by atoms with Gasteiger partial charge in [-0.15, -0.1) is 0 Å². The van der Waals surface area contributed by atoms with E-state index in [9.17, 15) is 4.79 Å². The zero-order chi connectivity index (χ0) is 10.2. The van der Waals surface area contributed by atoms with E-state index >= 15 is 0 Å². The minimum Gasteiger partial charge on any atom is -0.306 e. The van der Waals surface area contributed by atoms with Crippen molar-refractivity contribution in [3.05, 3.63) is 0 Å². The first-order chi connectivity index (χ1) is 6.68. The number of hydrogen-bond donors (Lipinski definition) is 2.